The first-order valence-corrected chi connectivity index (χ1v) is 5.99. The highest BCUT2D eigenvalue weighted by Gasteiger charge is 2.30. The van der Waals surface area contributed by atoms with Gasteiger partial charge >= 0.3 is 5.97 Å². The van der Waals surface area contributed by atoms with Crippen molar-refractivity contribution in [2.45, 2.75) is 12.5 Å². The lowest BCUT2D eigenvalue weighted by Gasteiger charge is -2.22. The third-order valence-electron chi connectivity index (χ3n) is 3.27. The van der Waals surface area contributed by atoms with E-state index in [0.717, 1.165) is 5.56 Å². The van der Waals surface area contributed by atoms with Gasteiger partial charge < -0.3 is 20.5 Å². The summed E-state index contributed by atoms with van der Waals surface area (Å²) in [6.07, 6.45) is 0.0153. The van der Waals surface area contributed by atoms with Crippen LogP contribution in [0.5, 0.6) is 0 Å². The van der Waals surface area contributed by atoms with Crippen LogP contribution in [0.15, 0.2) is 18.2 Å². The fourth-order valence-corrected chi connectivity index (χ4v) is 2.21. The highest BCUT2D eigenvalue weighted by molar-refractivity contribution is 6.00. The first kappa shape index (κ1) is 13.5. The van der Waals surface area contributed by atoms with Crippen LogP contribution in [0.3, 0.4) is 0 Å². The highest BCUT2D eigenvalue weighted by atomic mass is 16.5. The van der Waals surface area contributed by atoms with Gasteiger partial charge in [0.05, 0.1) is 5.56 Å². The Kier molecular flexibility index (Phi) is 3.82. The third kappa shape index (κ3) is 2.45. The molecule has 0 aromatic heterocycles. The molecule has 0 aliphatic carbocycles. The summed E-state index contributed by atoms with van der Waals surface area (Å²) >= 11 is 0. The van der Waals surface area contributed by atoms with E-state index in [-0.39, 0.29) is 18.0 Å². The minimum atomic E-state index is -1.01. The predicted octanol–water partition coefficient (Wildman–Crippen LogP) is 0.248. The molecule has 2 rings (SSSR count). The summed E-state index contributed by atoms with van der Waals surface area (Å²) in [7, 11) is 1.43. The number of ether oxygens (including phenoxy) is 1. The molecule has 19 heavy (non-hydrogen) atoms. The standard InChI is InChI=1S/C13H16N2O4/c1-19-11(7-14)12(16)15-5-4-8-2-3-9(13(17)18)6-10(8)15/h2-3,6,11H,4-5,7,14H2,1H3,(H,17,18). The Morgan fingerprint density at radius 3 is 2.84 bits per heavy atom. The van der Waals surface area contributed by atoms with E-state index in [1.807, 2.05) is 0 Å². The molecule has 6 nitrogen and oxygen atoms in total. The Labute approximate surface area is 110 Å². The molecular weight excluding hydrogens is 248 g/mol. The lowest BCUT2D eigenvalue weighted by Crippen LogP contribution is -2.43. The highest BCUT2D eigenvalue weighted by Crippen LogP contribution is 2.29. The lowest BCUT2D eigenvalue weighted by atomic mass is 10.1. The zero-order chi connectivity index (χ0) is 14.0. The normalized spacial score (nSPS) is 15.2. The lowest BCUT2D eigenvalue weighted by molar-refractivity contribution is -0.127. The van der Waals surface area contributed by atoms with Gasteiger partial charge in [0.1, 0.15) is 6.10 Å². The van der Waals surface area contributed by atoms with Crippen LogP contribution in [0.4, 0.5) is 5.69 Å². The fourth-order valence-electron chi connectivity index (χ4n) is 2.21. The molecule has 1 aromatic carbocycles. The van der Waals surface area contributed by atoms with Crippen LogP contribution in [-0.2, 0) is 16.0 Å². The topological polar surface area (TPSA) is 92.9 Å². The number of carboxylic acid groups (broad SMARTS) is 1. The van der Waals surface area contributed by atoms with Crippen LogP contribution >= 0.6 is 0 Å². The van der Waals surface area contributed by atoms with E-state index >= 15 is 0 Å². The van der Waals surface area contributed by atoms with E-state index < -0.39 is 12.1 Å². The van der Waals surface area contributed by atoms with Crippen molar-refractivity contribution >= 4 is 17.6 Å². The Morgan fingerprint density at radius 2 is 2.26 bits per heavy atom. The average molecular weight is 264 g/mol. The number of anilines is 1. The van der Waals surface area contributed by atoms with E-state index in [1.54, 1.807) is 17.0 Å². The Morgan fingerprint density at radius 1 is 1.53 bits per heavy atom. The second kappa shape index (κ2) is 5.38. The van der Waals surface area contributed by atoms with Crippen LogP contribution in [0.25, 0.3) is 0 Å². The van der Waals surface area contributed by atoms with E-state index in [9.17, 15) is 9.59 Å². The minimum absolute atomic E-state index is 0.0970. The Hall–Kier alpha value is -1.92. The molecule has 0 radical (unpaired) electrons. The van der Waals surface area contributed by atoms with Gasteiger partial charge in [-0.1, -0.05) is 6.07 Å². The zero-order valence-corrected chi connectivity index (χ0v) is 10.6. The third-order valence-corrected chi connectivity index (χ3v) is 3.27. The number of amides is 1. The van der Waals surface area contributed by atoms with E-state index in [0.29, 0.717) is 18.7 Å². The molecule has 1 aliphatic rings. The fraction of sp³-hybridized carbons (Fsp3) is 0.385. The summed E-state index contributed by atoms with van der Waals surface area (Å²) in [6, 6.07) is 4.81. The molecule has 102 valence electrons. The van der Waals surface area contributed by atoms with Gasteiger partial charge in [-0.3, -0.25) is 4.79 Å². The van der Waals surface area contributed by atoms with Gasteiger partial charge in [0.15, 0.2) is 0 Å². The van der Waals surface area contributed by atoms with E-state index in [2.05, 4.69) is 0 Å². The first-order chi connectivity index (χ1) is 9.08. The maximum absolute atomic E-state index is 12.2. The van der Waals surface area contributed by atoms with Crippen LogP contribution in [0.1, 0.15) is 15.9 Å². The van der Waals surface area contributed by atoms with Crippen LogP contribution in [0, 0.1) is 0 Å². The van der Waals surface area contributed by atoms with E-state index in [1.165, 1.54) is 13.2 Å². The average Bonchev–Trinajstić information content (AvgIpc) is 2.82. The number of benzene rings is 1. The molecule has 6 heteroatoms. The van der Waals surface area contributed by atoms with Crippen molar-refractivity contribution in [3.8, 4) is 0 Å². The number of methoxy groups -OCH3 is 1. The minimum Gasteiger partial charge on any atom is -0.478 e. The SMILES string of the molecule is COC(CN)C(=O)N1CCc2ccc(C(=O)O)cc21. The molecule has 0 fully saturated rings. The van der Waals surface area contributed by atoms with Crippen LogP contribution < -0.4 is 10.6 Å². The van der Waals surface area contributed by atoms with Gasteiger partial charge in [-0.15, -0.1) is 0 Å². The Balaban J connectivity index is 2.32. The van der Waals surface area contributed by atoms with Gasteiger partial charge in [0, 0.05) is 25.9 Å². The molecular formula is C13H16N2O4. The van der Waals surface area contributed by atoms with Crippen molar-refractivity contribution in [3.63, 3.8) is 0 Å². The van der Waals surface area contributed by atoms with Crippen molar-refractivity contribution in [3.05, 3.63) is 29.3 Å². The molecule has 0 bridgehead atoms. The maximum Gasteiger partial charge on any atom is 0.335 e. The molecule has 1 heterocycles. The molecule has 1 aliphatic heterocycles. The summed E-state index contributed by atoms with van der Waals surface area (Å²) in [5.74, 6) is -1.24. The summed E-state index contributed by atoms with van der Waals surface area (Å²) in [6.45, 7) is 0.622. The molecule has 0 spiro atoms. The quantitative estimate of drug-likeness (QED) is 0.813. The largest absolute Gasteiger partial charge is 0.478 e. The second-order valence-corrected chi connectivity index (χ2v) is 4.35. The Bertz CT molecular complexity index is 511. The van der Waals surface area contributed by atoms with Crippen molar-refractivity contribution in [2.75, 3.05) is 25.1 Å². The molecule has 1 amide bonds. The van der Waals surface area contributed by atoms with Gasteiger partial charge in [0.2, 0.25) is 0 Å². The smallest absolute Gasteiger partial charge is 0.335 e. The number of carboxylic acids is 1. The molecule has 1 aromatic rings. The van der Waals surface area contributed by atoms with Crippen LogP contribution in [-0.4, -0.2) is 43.3 Å². The second-order valence-electron chi connectivity index (χ2n) is 4.35. The van der Waals surface area contributed by atoms with Crippen molar-refractivity contribution < 1.29 is 19.4 Å². The number of carbonyl (C=O) groups excluding carboxylic acids is 1. The number of nitrogens with zero attached hydrogens (tertiary/aromatic N) is 1. The molecule has 0 saturated heterocycles. The number of hydrogen-bond donors (Lipinski definition) is 2. The van der Waals surface area contributed by atoms with Crippen molar-refractivity contribution in [2.24, 2.45) is 5.73 Å². The van der Waals surface area contributed by atoms with Crippen molar-refractivity contribution in [1.82, 2.24) is 0 Å². The monoisotopic (exact) mass is 264 g/mol. The zero-order valence-electron chi connectivity index (χ0n) is 10.6. The number of hydrogen-bond acceptors (Lipinski definition) is 4. The molecule has 3 N–H and O–H groups in total. The van der Waals surface area contributed by atoms with Crippen molar-refractivity contribution in [1.29, 1.82) is 0 Å². The number of rotatable bonds is 4. The summed E-state index contributed by atoms with van der Waals surface area (Å²) in [4.78, 5) is 24.7. The first-order valence-electron chi connectivity index (χ1n) is 5.99. The van der Waals surface area contributed by atoms with E-state index in [4.69, 9.17) is 15.6 Å². The summed E-state index contributed by atoms with van der Waals surface area (Å²) < 4.78 is 5.03. The van der Waals surface area contributed by atoms with Gasteiger partial charge in [0.25, 0.3) is 5.91 Å². The number of aromatic carboxylic acids is 1. The predicted molar refractivity (Wildman–Crippen MR) is 69.3 cm³/mol. The maximum atomic E-state index is 12.2. The molecule has 1 unspecified atom stereocenters. The number of nitrogens with two attached hydrogens (primary N) is 1. The number of carbonyl (C=O) groups is 2. The number of fused-ring (bicyclic) bond motifs is 1. The van der Waals surface area contributed by atoms with Gasteiger partial charge in [-0.2, -0.15) is 0 Å². The summed E-state index contributed by atoms with van der Waals surface area (Å²) in [5.41, 5.74) is 7.25. The molecule has 1 atom stereocenters. The van der Waals surface area contributed by atoms with Crippen LogP contribution in [0.2, 0.25) is 0 Å². The summed E-state index contributed by atoms with van der Waals surface area (Å²) in [5, 5.41) is 8.99. The van der Waals surface area contributed by atoms with Gasteiger partial charge in [-0.05, 0) is 24.1 Å². The molecule has 0 saturated carbocycles. The van der Waals surface area contributed by atoms with Gasteiger partial charge in [-0.25, -0.2) is 4.79 Å².